The summed E-state index contributed by atoms with van der Waals surface area (Å²) in [7, 11) is 0. The van der Waals surface area contributed by atoms with Gasteiger partial charge in [0.25, 0.3) is 0 Å². The summed E-state index contributed by atoms with van der Waals surface area (Å²) in [6, 6.07) is 6.70. The molecule has 0 saturated heterocycles. The minimum absolute atomic E-state index is 0.184. The van der Waals surface area contributed by atoms with E-state index in [1.807, 2.05) is 0 Å². The van der Waals surface area contributed by atoms with Crippen molar-refractivity contribution in [3.63, 3.8) is 0 Å². The predicted molar refractivity (Wildman–Crippen MR) is 67.6 cm³/mol. The molecule has 1 rings (SSSR count). The monoisotopic (exact) mass is 234 g/mol. The van der Waals surface area contributed by atoms with E-state index in [9.17, 15) is 9.90 Å². The van der Waals surface area contributed by atoms with E-state index in [4.69, 9.17) is 4.74 Å². The van der Waals surface area contributed by atoms with E-state index in [0.29, 0.717) is 6.61 Å². The minimum atomic E-state index is -0.343. The molecule has 0 aliphatic rings. The first kappa shape index (κ1) is 13.3. The van der Waals surface area contributed by atoms with Crippen LogP contribution in [0.3, 0.4) is 0 Å². The number of phenolic OH excluding ortho intramolecular Hbond substituents is 1. The molecule has 1 N–H and O–H groups in total. The number of unbranched alkanes of at least 4 members (excludes halogenated alkanes) is 2. The molecule has 0 radical (unpaired) electrons. The summed E-state index contributed by atoms with van der Waals surface area (Å²) in [6.45, 7) is 2.57. The maximum absolute atomic E-state index is 11.3. The Morgan fingerprint density at radius 2 is 2.24 bits per heavy atom. The molecule has 0 bridgehead atoms. The van der Waals surface area contributed by atoms with Crippen LogP contribution in [-0.4, -0.2) is 17.7 Å². The van der Waals surface area contributed by atoms with Gasteiger partial charge in [0.2, 0.25) is 0 Å². The highest BCUT2D eigenvalue weighted by atomic mass is 16.5. The molecule has 0 aliphatic heterocycles. The van der Waals surface area contributed by atoms with E-state index >= 15 is 0 Å². The number of benzene rings is 1. The van der Waals surface area contributed by atoms with E-state index in [0.717, 1.165) is 24.8 Å². The fraction of sp³-hybridized carbons (Fsp3) is 0.357. The molecule has 0 aliphatic carbocycles. The van der Waals surface area contributed by atoms with Crippen LogP contribution in [0.5, 0.6) is 5.75 Å². The van der Waals surface area contributed by atoms with Crippen molar-refractivity contribution in [3.8, 4) is 5.75 Å². The second-order valence-corrected chi connectivity index (χ2v) is 3.80. The number of rotatable bonds is 6. The lowest BCUT2D eigenvalue weighted by atomic mass is 10.2. The standard InChI is InChI=1S/C14H18O3/c1-2-3-4-10-17-14(16)9-8-12-6-5-7-13(15)11-12/h5-9,11,15H,2-4,10H2,1H3/b9-8+. The zero-order valence-electron chi connectivity index (χ0n) is 10.1. The number of hydrogen-bond acceptors (Lipinski definition) is 3. The molecule has 0 spiro atoms. The first-order valence-electron chi connectivity index (χ1n) is 5.86. The number of aromatic hydroxyl groups is 1. The summed E-state index contributed by atoms with van der Waals surface area (Å²) >= 11 is 0. The summed E-state index contributed by atoms with van der Waals surface area (Å²) in [6.07, 6.45) is 6.09. The molecule has 17 heavy (non-hydrogen) atoms. The van der Waals surface area contributed by atoms with Crippen molar-refractivity contribution in [3.05, 3.63) is 35.9 Å². The molecule has 0 aromatic heterocycles. The van der Waals surface area contributed by atoms with E-state index < -0.39 is 0 Å². The summed E-state index contributed by atoms with van der Waals surface area (Å²) in [5.41, 5.74) is 0.774. The maximum atomic E-state index is 11.3. The minimum Gasteiger partial charge on any atom is -0.508 e. The average Bonchev–Trinajstić information content (AvgIpc) is 2.32. The van der Waals surface area contributed by atoms with Crippen LogP contribution >= 0.6 is 0 Å². The van der Waals surface area contributed by atoms with Crippen LogP contribution in [0.2, 0.25) is 0 Å². The second-order valence-electron chi connectivity index (χ2n) is 3.80. The van der Waals surface area contributed by atoms with Crippen molar-refractivity contribution in [2.24, 2.45) is 0 Å². The molecule has 0 unspecified atom stereocenters. The highest BCUT2D eigenvalue weighted by molar-refractivity contribution is 5.87. The summed E-state index contributed by atoms with van der Waals surface area (Å²) in [5, 5.41) is 9.23. The van der Waals surface area contributed by atoms with Gasteiger partial charge in [0.1, 0.15) is 5.75 Å². The van der Waals surface area contributed by atoms with Crippen LogP contribution in [0.15, 0.2) is 30.3 Å². The van der Waals surface area contributed by atoms with Gasteiger partial charge in [0, 0.05) is 6.08 Å². The molecule has 0 saturated carbocycles. The zero-order chi connectivity index (χ0) is 12.5. The Hall–Kier alpha value is -1.77. The molecule has 0 amide bonds. The molecule has 3 nitrogen and oxygen atoms in total. The van der Waals surface area contributed by atoms with Crippen LogP contribution in [0.25, 0.3) is 6.08 Å². The molecule has 92 valence electrons. The number of phenols is 1. The van der Waals surface area contributed by atoms with Crippen LogP contribution in [0.4, 0.5) is 0 Å². The van der Waals surface area contributed by atoms with Crippen molar-refractivity contribution in [2.75, 3.05) is 6.61 Å². The van der Waals surface area contributed by atoms with Crippen molar-refractivity contribution in [1.82, 2.24) is 0 Å². The van der Waals surface area contributed by atoms with Gasteiger partial charge in [0.15, 0.2) is 0 Å². The van der Waals surface area contributed by atoms with E-state index in [1.165, 1.54) is 6.08 Å². The lowest BCUT2D eigenvalue weighted by Crippen LogP contribution is -2.01. The number of ether oxygens (including phenoxy) is 1. The van der Waals surface area contributed by atoms with Crippen molar-refractivity contribution in [2.45, 2.75) is 26.2 Å². The fourth-order valence-electron chi connectivity index (χ4n) is 1.37. The Morgan fingerprint density at radius 1 is 1.41 bits per heavy atom. The summed E-state index contributed by atoms with van der Waals surface area (Å²) in [5.74, 6) is -0.159. The molecule has 0 fully saturated rings. The SMILES string of the molecule is CCCCCOC(=O)/C=C/c1cccc(O)c1. The van der Waals surface area contributed by atoms with Gasteiger partial charge in [-0.2, -0.15) is 0 Å². The second kappa shape index (κ2) is 7.49. The lowest BCUT2D eigenvalue weighted by molar-refractivity contribution is -0.137. The molecule has 1 aromatic carbocycles. The molecular weight excluding hydrogens is 216 g/mol. The Bertz CT molecular complexity index is 383. The van der Waals surface area contributed by atoms with E-state index in [1.54, 1.807) is 30.3 Å². The van der Waals surface area contributed by atoms with Gasteiger partial charge in [0.05, 0.1) is 6.61 Å². The van der Waals surface area contributed by atoms with Crippen LogP contribution in [-0.2, 0) is 9.53 Å². The maximum Gasteiger partial charge on any atom is 0.330 e. The number of carbonyl (C=O) groups excluding carboxylic acids is 1. The topological polar surface area (TPSA) is 46.5 Å². The normalized spacial score (nSPS) is 10.6. The van der Waals surface area contributed by atoms with Gasteiger partial charge in [-0.25, -0.2) is 4.79 Å². The number of hydrogen-bond donors (Lipinski definition) is 1. The van der Waals surface area contributed by atoms with Crippen molar-refractivity contribution in [1.29, 1.82) is 0 Å². The highest BCUT2D eigenvalue weighted by Gasteiger charge is 1.96. The first-order valence-corrected chi connectivity index (χ1v) is 5.86. The Morgan fingerprint density at radius 3 is 2.94 bits per heavy atom. The quantitative estimate of drug-likeness (QED) is 0.467. The molecule has 3 heteroatoms. The third kappa shape index (κ3) is 5.76. The fourth-order valence-corrected chi connectivity index (χ4v) is 1.37. The predicted octanol–water partition coefficient (Wildman–Crippen LogP) is 3.14. The van der Waals surface area contributed by atoms with Gasteiger partial charge in [-0.3, -0.25) is 0 Å². The Labute approximate surface area is 102 Å². The van der Waals surface area contributed by atoms with Crippen LogP contribution in [0.1, 0.15) is 31.7 Å². The Kier molecular flexibility index (Phi) is 5.86. The molecule has 0 atom stereocenters. The van der Waals surface area contributed by atoms with Crippen LogP contribution < -0.4 is 0 Å². The highest BCUT2D eigenvalue weighted by Crippen LogP contribution is 2.12. The lowest BCUT2D eigenvalue weighted by Gasteiger charge is -2.00. The van der Waals surface area contributed by atoms with Crippen molar-refractivity contribution < 1.29 is 14.6 Å². The van der Waals surface area contributed by atoms with E-state index in [2.05, 4.69) is 6.92 Å². The summed E-state index contributed by atoms with van der Waals surface area (Å²) < 4.78 is 5.01. The van der Waals surface area contributed by atoms with E-state index in [-0.39, 0.29) is 11.7 Å². The third-order valence-corrected chi connectivity index (χ3v) is 2.27. The molecule has 0 heterocycles. The Balaban J connectivity index is 2.35. The third-order valence-electron chi connectivity index (χ3n) is 2.27. The van der Waals surface area contributed by atoms with Crippen molar-refractivity contribution >= 4 is 12.0 Å². The molecule has 1 aromatic rings. The summed E-state index contributed by atoms with van der Waals surface area (Å²) in [4.78, 5) is 11.3. The first-order chi connectivity index (χ1) is 8.22. The largest absolute Gasteiger partial charge is 0.508 e. The van der Waals surface area contributed by atoms with Crippen LogP contribution in [0, 0.1) is 0 Å². The van der Waals surface area contributed by atoms with Gasteiger partial charge in [-0.1, -0.05) is 31.9 Å². The zero-order valence-corrected chi connectivity index (χ0v) is 10.1. The van der Waals surface area contributed by atoms with Gasteiger partial charge < -0.3 is 9.84 Å². The van der Waals surface area contributed by atoms with Gasteiger partial charge in [-0.05, 0) is 30.2 Å². The van der Waals surface area contributed by atoms with Gasteiger partial charge in [-0.15, -0.1) is 0 Å². The average molecular weight is 234 g/mol. The number of esters is 1. The number of carbonyl (C=O) groups is 1. The molecular formula is C14H18O3. The van der Waals surface area contributed by atoms with Gasteiger partial charge >= 0.3 is 5.97 Å². The smallest absolute Gasteiger partial charge is 0.330 e.